The van der Waals surface area contributed by atoms with E-state index in [0.29, 0.717) is 19.0 Å². The van der Waals surface area contributed by atoms with Crippen molar-refractivity contribution in [1.29, 1.82) is 0 Å². The molecule has 0 saturated carbocycles. The van der Waals surface area contributed by atoms with Crippen molar-refractivity contribution in [2.45, 2.75) is 64.3 Å². The number of likely N-dealkylation sites (N-methyl/N-ethyl adjacent to an activating group) is 1. The molecule has 0 unspecified atom stereocenters. The van der Waals surface area contributed by atoms with Crippen LogP contribution in [0.25, 0.3) is 0 Å². The van der Waals surface area contributed by atoms with Gasteiger partial charge in [-0.25, -0.2) is 4.79 Å². The molecule has 6 heteroatoms. The van der Waals surface area contributed by atoms with Crippen LogP contribution in [0.5, 0.6) is 0 Å². The van der Waals surface area contributed by atoms with Crippen LogP contribution in [0.3, 0.4) is 0 Å². The summed E-state index contributed by atoms with van der Waals surface area (Å²) in [5.74, 6) is 0.479. The van der Waals surface area contributed by atoms with Crippen LogP contribution in [-0.2, 0) is 14.3 Å². The van der Waals surface area contributed by atoms with Crippen molar-refractivity contribution < 1.29 is 19.1 Å². The highest BCUT2D eigenvalue weighted by Crippen LogP contribution is 2.32. The Morgan fingerprint density at radius 3 is 2.22 bits per heavy atom. The maximum atomic E-state index is 12.1. The molecule has 0 aromatic rings. The summed E-state index contributed by atoms with van der Waals surface area (Å²) in [5, 5.41) is 0. The van der Waals surface area contributed by atoms with Gasteiger partial charge in [-0.2, -0.15) is 0 Å². The van der Waals surface area contributed by atoms with E-state index in [0.717, 1.165) is 25.7 Å². The van der Waals surface area contributed by atoms with Crippen molar-refractivity contribution in [3.63, 3.8) is 0 Å². The smallest absolute Gasteiger partial charge is 0.410 e. The van der Waals surface area contributed by atoms with E-state index in [4.69, 9.17) is 9.47 Å². The van der Waals surface area contributed by atoms with Gasteiger partial charge in [0, 0.05) is 27.2 Å². The number of ether oxygens (including phenoxy) is 2. The van der Waals surface area contributed by atoms with Crippen molar-refractivity contribution in [3.8, 4) is 0 Å². The lowest BCUT2D eigenvalue weighted by atomic mass is 9.90. The third-order valence-electron chi connectivity index (χ3n) is 4.49. The minimum absolute atomic E-state index is 0.0543. The monoisotopic (exact) mass is 326 g/mol. The van der Waals surface area contributed by atoms with Crippen LogP contribution < -0.4 is 0 Å². The van der Waals surface area contributed by atoms with E-state index in [2.05, 4.69) is 0 Å². The molecule has 2 aliphatic heterocycles. The number of nitrogens with zero attached hydrogens (tertiary/aromatic N) is 2. The number of amides is 2. The van der Waals surface area contributed by atoms with Crippen molar-refractivity contribution in [2.75, 3.05) is 27.2 Å². The van der Waals surface area contributed by atoms with Crippen molar-refractivity contribution >= 4 is 12.0 Å². The lowest BCUT2D eigenvalue weighted by Gasteiger charge is -2.35. The Kier molecular flexibility index (Phi) is 5.55. The third-order valence-corrected chi connectivity index (χ3v) is 4.49. The maximum absolute atomic E-state index is 12.1. The van der Waals surface area contributed by atoms with Crippen LogP contribution in [0.2, 0.25) is 0 Å². The van der Waals surface area contributed by atoms with Gasteiger partial charge in [0.15, 0.2) is 0 Å². The fourth-order valence-electron chi connectivity index (χ4n) is 3.26. The molecule has 2 fully saturated rings. The highest BCUT2D eigenvalue weighted by atomic mass is 16.6. The molecule has 2 amide bonds. The molecular weight excluding hydrogens is 296 g/mol. The number of rotatable bonds is 2. The van der Waals surface area contributed by atoms with Crippen LogP contribution in [0.15, 0.2) is 0 Å². The lowest BCUT2D eigenvalue weighted by Crippen LogP contribution is -2.44. The van der Waals surface area contributed by atoms with Crippen LogP contribution in [-0.4, -0.2) is 66.8 Å². The largest absolute Gasteiger partial charge is 0.444 e. The molecule has 0 bridgehead atoms. The van der Waals surface area contributed by atoms with Gasteiger partial charge in [0.2, 0.25) is 0 Å². The van der Waals surface area contributed by atoms with Crippen LogP contribution in [0.4, 0.5) is 4.79 Å². The summed E-state index contributed by atoms with van der Waals surface area (Å²) in [6.07, 6.45) is 3.17. The molecular formula is C17H30N2O4. The Morgan fingerprint density at radius 2 is 1.70 bits per heavy atom. The first-order valence-corrected chi connectivity index (χ1v) is 8.52. The zero-order chi connectivity index (χ0) is 17.2. The number of likely N-dealkylation sites (tertiary alicyclic amines) is 1. The third kappa shape index (κ3) is 4.83. The van der Waals surface area contributed by atoms with Crippen molar-refractivity contribution in [2.24, 2.45) is 5.92 Å². The molecule has 0 aliphatic carbocycles. The fourth-order valence-corrected chi connectivity index (χ4v) is 3.26. The molecule has 2 saturated heterocycles. The summed E-state index contributed by atoms with van der Waals surface area (Å²) in [5.41, 5.74) is -0.456. The molecule has 2 rings (SSSR count). The van der Waals surface area contributed by atoms with E-state index in [9.17, 15) is 9.59 Å². The van der Waals surface area contributed by atoms with Gasteiger partial charge >= 0.3 is 6.09 Å². The van der Waals surface area contributed by atoms with Gasteiger partial charge < -0.3 is 19.3 Å². The van der Waals surface area contributed by atoms with Gasteiger partial charge in [0.05, 0.1) is 6.10 Å². The predicted octanol–water partition coefficient (Wildman–Crippen LogP) is 2.27. The first-order valence-electron chi connectivity index (χ1n) is 8.52. The summed E-state index contributed by atoms with van der Waals surface area (Å²) < 4.78 is 11.4. The standard InChI is InChI=1S/C17H30N2O4/c1-17(2,3)23-16(21)19-10-8-12(9-11-19)13-6-7-14(22-13)15(20)18(4)5/h12-14H,6-11H2,1-5H3/t13-,14+/m1/s1. The highest BCUT2D eigenvalue weighted by Gasteiger charge is 2.38. The van der Waals surface area contributed by atoms with E-state index < -0.39 is 5.60 Å². The second kappa shape index (κ2) is 7.07. The number of carbonyl (C=O) groups is 2. The minimum Gasteiger partial charge on any atom is -0.444 e. The first kappa shape index (κ1) is 18.0. The quantitative estimate of drug-likeness (QED) is 0.781. The maximum Gasteiger partial charge on any atom is 0.410 e. The van der Waals surface area contributed by atoms with Gasteiger partial charge in [0.1, 0.15) is 11.7 Å². The fraction of sp³-hybridized carbons (Fsp3) is 0.882. The second-order valence-corrected chi connectivity index (χ2v) is 7.78. The summed E-state index contributed by atoms with van der Waals surface area (Å²) in [6.45, 7) is 7.04. The Balaban J connectivity index is 1.79. The Bertz CT molecular complexity index is 436. The molecule has 0 spiro atoms. The van der Waals surface area contributed by atoms with Gasteiger partial charge in [-0.1, -0.05) is 0 Å². The van der Waals surface area contributed by atoms with E-state index in [1.54, 1.807) is 23.9 Å². The molecule has 0 radical (unpaired) electrons. The normalized spacial score (nSPS) is 26.2. The lowest BCUT2D eigenvalue weighted by molar-refractivity contribution is -0.141. The molecule has 2 aliphatic rings. The van der Waals surface area contributed by atoms with Crippen LogP contribution in [0, 0.1) is 5.92 Å². The zero-order valence-electron chi connectivity index (χ0n) is 15.0. The van der Waals surface area contributed by atoms with Crippen molar-refractivity contribution in [3.05, 3.63) is 0 Å². The van der Waals surface area contributed by atoms with Crippen LogP contribution >= 0.6 is 0 Å². The number of hydrogen-bond acceptors (Lipinski definition) is 4. The average molecular weight is 326 g/mol. The molecule has 23 heavy (non-hydrogen) atoms. The molecule has 0 aromatic carbocycles. The van der Waals surface area contributed by atoms with E-state index in [1.807, 2.05) is 20.8 Å². The van der Waals surface area contributed by atoms with Gasteiger partial charge in [0.25, 0.3) is 5.91 Å². The Morgan fingerprint density at radius 1 is 1.09 bits per heavy atom. The summed E-state index contributed by atoms with van der Waals surface area (Å²) in [6, 6.07) is 0. The first-order chi connectivity index (χ1) is 10.7. The predicted molar refractivity (Wildman–Crippen MR) is 87.1 cm³/mol. The van der Waals surface area contributed by atoms with Gasteiger partial charge in [-0.15, -0.1) is 0 Å². The number of piperidine rings is 1. The summed E-state index contributed by atoms with van der Waals surface area (Å²) in [4.78, 5) is 27.4. The second-order valence-electron chi connectivity index (χ2n) is 7.78. The number of hydrogen-bond donors (Lipinski definition) is 0. The zero-order valence-corrected chi connectivity index (χ0v) is 15.0. The topological polar surface area (TPSA) is 59.1 Å². The SMILES string of the molecule is CN(C)C(=O)[C@@H]1CC[C@H](C2CCN(C(=O)OC(C)(C)C)CC2)O1. The number of carbonyl (C=O) groups excluding carboxylic acids is 2. The summed E-state index contributed by atoms with van der Waals surface area (Å²) >= 11 is 0. The van der Waals surface area contributed by atoms with E-state index in [-0.39, 0.29) is 24.2 Å². The van der Waals surface area contributed by atoms with Crippen molar-refractivity contribution in [1.82, 2.24) is 9.80 Å². The Hall–Kier alpha value is -1.30. The molecule has 0 N–H and O–H groups in total. The van der Waals surface area contributed by atoms with E-state index in [1.165, 1.54) is 0 Å². The Labute approximate surface area is 139 Å². The molecule has 2 atom stereocenters. The van der Waals surface area contributed by atoms with Gasteiger partial charge in [-0.3, -0.25) is 4.79 Å². The molecule has 6 nitrogen and oxygen atoms in total. The van der Waals surface area contributed by atoms with E-state index >= 15 is 0 Å². The van der Waals surface area contributed by atoms with Crippen LogP contribution in [0.1, 0.15) is 46.5 Å². The minimum atomic E-state index is -0.456. The highest BCUT2D eigenvalue weighted by molar-refractivity contribution is 5.80. The molecule has 2 heterocycles. The van der Waals surface area contributed by atoms with Gasteiger partial charge in [-0.05, 0) is 52.4 Å². The molecule has 0 aromatic heterocycles. The molecule has 132 valence electrons. The average Bonchev–Trinajstić information content (AvgIpc) is 2.94. The summed E-state index contributed by atoms with van der Waals surface area (Å²) in [7, 11) is 3.52.